The van der Waals surface area contributed by atoms with Crippen molar-refractivity contribution in [2.45, 2.75) is 26.3 Å². The molecule has 1 amide bonds. The summed E-state index contributed by atoms with van der Waals surface area (Å²) in [5.74, 6) is 0.0917. The highest BCUT2D eigenvalue weighted by atomic mass is 16.2. The van der Waals surface area contributed by atoms with Crippen molar-refractivity contribution < 1.29 is 4.79 Å². The van der Waals surface area contributed by atoms with Gasteiger partial charge in [0.05, 0.1) is 12.1 Å². The average Bonchev–Trinajstić information content (AvgIpc) is 3.54. The Labute approximate surface area is 202 Å². The van der Waals surface area contributed by atoms with Crippen LogP contribution >= 0.6 is 0 Å². The third kappa shape index (κ3) is 5.40. The molecule has 0 spiro atoms. The molecule has 0 N–H and O–H groups in total. The number of aromatic nitrogens is 2. The van der Waals surface area contributed by atoms with E-state index in [-0.39, 0.29) is 5.91 Å². The van der Waals surface area contributed by atoms with E-state index < -0.39 is 0 Å². The molecule has 1 aromatic heterocycles. The van der Waals surface area contributed by atoms with Crippen LogP contribution in [0.1, 0.15) is 34.3 Å². The SMILES string of the molecule is Cc1ccc(-c2nn(Cc3ccccc3)cc2C(=O)N2CCN(CCN3CCCC3)CC2)cc1. The van der Waals surface area contributed by atoms with Gasteiger partial charge in [-0.05, 0) is 38.4 Å². The molecule has 0 bridgehead atoms. The second kappa shape index (κ2) is 10.5. The number of nitrogens with zero attached hydrogens (tertiary/aromatic N) is 5. The Hall–Kier alpha value is -2.96. The maximum atomic E-state index is 13.6. The van der Waals surface area contributed by atoms with E-state index in [1.54, 1.807) is 0 Å². The number of piperazine rings is 1. The van der Waals surface area contributed by atoms with Crippen LogP contribution in [-0.2, 0) is 6.54 Å². The van der Waals surface area contributed by atoms with E-state index >= 15 is 0 Å². The molecule has 2 fully saturated rings. The number of amides is 1. The van der Waals surface area contributed by atoms with Crippen LogP contribution in [0.25, 0.3) is 11.3 Å². The fourth-order valence-corrected chi connectivity index (χ4v) is 4.99. The summed E-state index contributed by atoms with van der Waals surface area (Å²) >= 11 is 0. The topological polar surface area (TPSA) is 44.6 Å². The zero-order valence-electron chi connectivity index (χ0n) is 20.2. The molecular formula is C28H35N5O. The van der Waals surface area contributed by atoms with Crippen molar-refractivity contribution in [2.75, 3.05) is 52.4 Å². The Bertz CT molecular complexity index is 1080. The summed E-state index contributed by atoms with van der Waals surface area (Å²) in [7, 11) is 0. The third-order valence-electron chi connectivity index (χ3n) is 7.10. The first kappa shape index (κ1) is 22.8. The molecule has 0 atom stereocenters. The third-order valence-corrected chi connectivity index (χ3v) is 7.10. The van der Waals surface area contributed by atoms with Crippen LogP contribution in [0, 0.1) is 6.92 Å². The van der Waals surface area contributed by atoms with Gasteiger partial charge >= 0.3 is 0 Å². The maximum absolute atomic E-state index is 13.6. The molecule has 6 nitrogen and oxygen atoms in total. The van der Waals surface area contributed by atoms with Gasteiger partial charge in [0.15, 0.2) is 0 Å². The Morgan fingerprint density at radius 2 is 1.47 bits per heavy atom. The minimum absolute atomic E-state index is 0.0917. The zero-order chi connectivity index (χ0) is 23.3. The van der Waals surface area contributed by atoms with Gasteiger partial charge in [0, 0.05) is 51.0 Å². The lowest BCUT2D eigenvalue weighted by Gasteiger charge is -2.35. The number of rotatable bonds is 7. The summed E-state index contributed by atoms with van der Waals surface area (Å²) in [5, 5.41) is 4.86. The summed E-state index contributed by atoms with van der Waals surface area (Å²) in [4.78, 5) is 20.7. The van der Waals surface area contributed by atoms with Gasteiger partial charge in [-0.2, -0.15) is 5.10 Å². The average molecular weight is 458 g/mol. The number of aryl methyl sites for hydroxylation is 1. The van der Waals surface area contributed by atoms with E-state index in [4.69, 9.17) is 5.10 Å². The van der Waals surface area contributed by atoms with E-state index in [0.717, 1.165) is 50.5 Å². The molecule has 34 heavy (non-hydrogen) atoms. The smallest absolute Gasteiger partial charge is 0.257 e. The molecule has 6 heteroatoms. The second-order valence-electron chi connectivity index (χ2n) is 9.62. The minimum Gasteiger partial charge on any atom is -0.336 e. The molecule has 2 aromatic carbocycles. The molecule has 2 saturated heterocycles. The van der Waals surface area contributed by atoms with Gasteiger partial charge in [-0.1, -0.05) is 60.2 Å². The molecule has 2 aliphatic heterocycles. The number of likely N-dealkylation sites (tertiary alicyclic amines) is 1. The normalized spacial score (nSPS) is 17.4. The largest absolute Gasteiger partial charge is 0.336 e. The second-order valence-corrected chi connectivity index (χ2v) is 9.62. The van der Waals surface area contributed by atoms with E-state index in [1.807, 2.05) is 34.0 Å². The van der Waals surface area contributed by atoms with Gasteiger partial charge in [0.1, 0.15) is 5.69 Å². The number of carbonyl (C=O) groups excluding carboxylic acids is 1. The Morgan fingerprint density at radius 3 is 2.15 bits per heavy atom. The lowest BCUT2D eigenvalue weighted by molar-refractivity contribution is 0.0627. The summed E-state index contributed by atoms with van der Waals surface area (Å²) < 4.78 is 1.91. The molecule has 3 heterocycles. The lowest BCUT2D eigenvalue weighted by Crippen LogP contribution is -2.50. The first-order chi connectivity index (χ1) is 16.7. The van der Waals surface area contributed by atoms with E-state index in [1.165, 1.54) is 37.1 Å². The Kier molecular flexibility index (Phi) is 7.07. The van der Waals surface area contributed by atoms with Crippen LogP contribution in [0.3, 0.4) is 0 Å². The monoisotopic (exact) mass is 457 g/mol. The van der Waals surface area contributed by atoms with Gasteiger partial charge in [-0.25, -0.2) is 0 Å². The molecule has 0 saturated carbocycles. The van der Waals surface area contributed by atoms with Crippen molar-refractivity contribution in [3.8, 4) is 11.3 Å². The summed E-state index contributed by atoms with van der Waals surface area (Å²) in [5.41, 5.74) is 4.84. The van der Waals surface area contributed by atoms with Crippen molar-refractivity contribution >= 4 is 5.91 Å². The molecule has 0 unspecified atom stereocenters. The van der Waals surface area contributed by atoms with E-state index in [0.29, 0.717) is 12.1 Å². The first-order valence-electron chi connectivity index (χ1n) is 12.6. The van der Waals surface area contributed by atoms with Gasteiger partial charge in [0.2, 0.25) is 0 Å². The summed E-state index contributed by atoms with van der Waals surface area (Å²) in [6.07, 6.45) is 4.61. The van der Waals surface area contributed by atoms with Gasteiger partial charge in [-0.3, -0.25) is 14.4 Å². The quantitative estimate of drug-likeness (QED) is 0.542. The molecule has 0 aliphatic carbocycles. The molecule has 5 rings (SSSR count). The molecule has 3 aromatic rings. The molecule has 2 aliphatic rings. The van der Waals surface area contributed by atoms with Crippen LogP contribution in [-0.4, -0.2) is 82.7 Å². The van der Waals surface area contributed by atoms with Crippen LogP contribution in [0.15, 0.2) is 60.8 Å². The summed E-state index contributed by atoms with van der Waals surface area (Å²) in [6.45, 7) is 10.9. The minimum atomic E-state index is 0.0917. The lowest BCUT2D eigenvalue weighted by atomic mass is 10.1. The van der Waals surface area contributed by atoms with Gasteiger partial charge < -0.3 is 9.80 Å². The van der Waals surface area contributed by atoms with Crippen molar-refractivity contribution in [1.29, 1.82) is 0 Å². The fraction of sp³-hybridized carbons (Fsp3) is 0.429. The molecule has 0 radical (unpaired) electrons. The Balaban J connectivity index is 1.30. The van der Waals surface area contributed by atoms with E-state index in [9.17, 15) is 4.79 Å². The maximum Gasteiger partial charge on any atom is 0.257 e. The van der Waals surface area contributed by atoms with Crippen molar-refractivity contribution in [3.63, 3.8) is 0 Å². The van der Waals surface area contributed by atoms with Crippen molar-refractivity contribution in [3.05, 3.63) is 77.5 Å². The van der Waals surface area contributed by atoms with Crippen molar-refractivity contribution in [1.82, 2.24) is 24.5 Å². The fourth-order valence-electron chi connectivity index (χ4n) is 4.99. The van der Waals surface area contributed by atoms with Crippen LogP contribution < -0.4 is 0 Å². The standard InChI is InChI=1S/C28H35N5O/c1-23-9-11-25(12-10-23)27-26(22-33(29-27)21-24-7-3-2-4-8-24)28(34)32-19-17-31(18-20-32)16-15-30-13-5-6-14-30/h2-4,7-12,22H,5-6,13-21H2,1H3. The highest BCUT2D eigenvalue weighted by molar-refractivity contribution is 5.99. The zero-order valence-corrected chi connectivity index (χ0v) is 20.2. The number of hydrogen-bond donors (Lipinski definition) is 0. The highest BCUT2D eigenvalue weighted by Crippen LogP contribution is 2.25. The highest BCUT2D eigenvalue weighted by Gasteiger charge is 2.26. The van der Waals surface area contributed by atoms with Gasteiger partial charge in [0.25, 0.3) is 5.91 Å². The van der Waals surface area contributed by atoms with Crippen molar-refractivity contribution in [2.24, 2.45) is 0 Å². The first-order valence-corrected chi connectivity index (χ1v) is 12.6. The molecule has 178 valence electrons. The Morgan fingerprint density at radius 1 is 0.824 bits per heavy atom. The number of carbonyl (C=O) groups is 1. The van der Waals surface area contributed by atoms with Crippen LogP contribution in [0.2, 0.25) is 0 Å². The van der Waals surface area contributed by atoms with E-state index in [2.05, 4.69) is 53.1 Å². The molecular weight excluding hydrogens is 422 g/mol. The van der Waals surface area contributed by atoms with Gasteiger partial charge in [-0.15, -0.1) is 0 Å². The number of hydrogen-bond acceptors (Lipinski definition) is 4. The predicted molar refractivity (Wildman–Crippen MR) is 136 cm³/mol. The summed E-state index contributed by atoms with van der Waals surface area (Å²) in [6, 6.07) is 18.6. The van der Waals surface area contributed by atoms with Crippen LogP contribution in [0.4, 0.5) is 0 Å². The number of benzene rings is 2. The predicted octanol–water partition coefficient (Wildman–Crippen LogP) is 3.76. The van der Waals surface area contributed by atoms with Crippen LogP contribution in [0.5, 0.6) is 0 Å².